The molecule has 0 saturated heterocycles. The number of amides is 1. The minimum absolute atomic E-state index is 0.106. The maximum Gasteiger partial charge on any atom is 0.244 e. The number of aromatic nitrogens is 1. The first-order chi connectivity index (χ1) is 11.1. The highest BCUT2D eigenvalue weighted by atomic mass is 35.5. The van der Waals surface area contributed by atoms with Gasteiger partial charge in [0.15, 0.2) is 5.43 Å². The molecule has 3 rings (SSSR count). The second-order valence-corrected chi connectivity index (χ2v) is 5.38. The average molecular weight is 331 g/mol. The van der Waals surface area contributed by atoms with Gasteiger partial charge in [-0.15, -0.1) is 0 Å². The zero-order valence-corrected chi connectivity index (χ0v) is 12.7. The van der Waals surface area contributed by atoms with E-state index in [1.165, 1.54) is 35.0 Å². The lowest BCUT2D eigenvalue weighted by molar-refractivity contribution is -0.116. The lowest BCUT2D eigenvalue weighted by Crippen LogP contribution is -2.21. The molecule has 0 aliphatic heterocycles. The van der Waals surface area contributed by atoms with Crippen LogP contribution in [0.5, 0.6) is 0 Å². The number of hydrogen-bond donors (Lipinski definition) is 1. The van der Waals surface area contributed by atoms with Crippen molar-refractivity contribution in [1.29, 1.82) is 0 Å². The maximum atomic E-state index is 14.1. The van der Waals surface area contributed by atoms with E-state index < -0.39 is 5.82 Å². The zero-order chi connectivity index (χ0) is 16.4. The van der Waals surface area contributed by atoms with Gasteiger partial charge >= 0.3 is 0 Å². The van der Waals surface area contributed by atoms with Crippen LogP contribution in [0.15, 0.2) is 59.5 Å². The molecule has 0 atom stereocenters. The third kappa shape index (κ3) is 3.10. The second-order valence-electron chi connectivity index (χ2n) is 4.97. The molecule has 116 valence electrons. The highest BCUT2D eigenvalue weighted by Gasteiger charge is 2.11. The van der Waals surface area contributed by atoms with Gasteiger partial charge in [-0.05, 0) is 24.3 Å². The molecular weight excluding hydrogens is 319 g/mol. The largest absolute Gasteiger partial charge is 0.335 e. The van der Waals surface area contributed by atoms with Gasteiger partial charge in [-0.3, -0.25) is 9.59 Å². The fourth-order valence-electron chi connectivity index (χ4n) is 2.37. The van der Waals surface area contributed by atoms with Crippen molar-refractivity contribution in [3.63, 3.8) is 0 Å². The first-order valence-electron chi connectivity index (χ1n) is 6.88. The van der Waals surface area contributed by atoms with E-state index in [4.69, 9.17) is 11.6 Å². The Hall–Kier alpha value is -2.66. The quantitative estimate of drug-likeness (QED) is 0.800. The molecule has 4 nitrogen and oxygen atoms in total. The van der Waals surface area contributed by atoms with Crippen molar-refractivity contribution in [3.8, 4) is 0 Å². The third-order valence-corrected chi connectivity index (χ3v) is 3.74. The molecule has 1 aromatic heterocycles. The molecule has 0 radical (unpaired) electrons. The van der Waals surface area contributed by atoms with Gasteiger partial charge in [0.05, 0.1) is 16.2 Å². The SMILES string of the molecule is O=C(Cn1ccc(=O)c2cccc(F)c21)Nc1ccccc1Cl. The summed E-state index contributed by atoms with van der Waals surface area (Å²) in [6.07, 6.45) is 1.40. The molecule has 0 fully saturated rings. The van der Waals surface area contributed by atoms with Crippen LogP contribution in [0.2, 0.25) is 5.02 Å². The Labute approximate surface area is 136 Å². The molecule has 2 aromatic carbocycles. The number of carbonyl (C=O) groups is 1. The van der Waals surface area contributed by atoms with Crippen LogP contribution in [0.25, 0.3) is 10.9 Å². The van der Waals surface area contributed by atoms with Crippen molar-refractivity contribution < 1.29 is 9.18 Å². The number of carbonyl (C=O) groups excluding carboxylic acids is 1. The van der Waals surface area contributed by atoms with E-state index in [1.54, 1.807) is 24.3 Å². The van der Waals surface area contributed by atoms with E-state index >= 15 is 0 Å². The number of pyridine rings is 1. The van der Waals surface area contributed by atoms with Crippen LogP contribution in [0, 0.1) is 5.82 Å². The fraction of sp³-hybridized carbons (Fsp3) is 0.0588. The lowest BCUT2D eigenvalue weighted by Gasteiger charge is -2.12. The third-order valence-electron chi connectivity index (χ3n) is 3.41. The monoisotopic (exact) mass is 330 g/mol. The molecule has 0 aliphatic carbocycles. The first kappa shape index (κ1) is 15.2. The van der Waals surface area contributed by atoms with Crippen LogP contribution in [-0.2, 0) is 11.3 Å². The van der Waals surface area contributed by atoms with E-state index in [2.05, 4.69) is 5.32 Å². The molecule has 3 aromatic rings. The number of benzene rings is 2. The molecule has 23 heavy (non-hydrogen) atoms. The Morgan fingerprint density at radius 1 is 1.13 bits per heavy atom. The summed E-state index contributed by atoms with van der Waals surface area (Å²) in [5, 5.41) is 3.31. The van der Waals surface area contributed by atoms with Crippen LogP contribution in [0.4, 0.5) is 10.1 Å². The highest BCUT2D eigenvalue weighted by Crippen LogP contribution is 2.20. The fourth-order valence-corrected chi connectivity index (χ4v) is 2.55. The van der Waals surface area contributed by atoms with Crippen molar-refractivity contribution in [1.82, 2.24) is 4.57 Å². The van der Waals surface area contributed by atoms with Gasteiger partial charge in [0.2, 0.25) is 5.91 Å². The minimum atomic E-state index is -0.550. The number of para-hydroxylation sites is 2. The molecule has 6 heteroatoms. The predicted molar refractivity (Wildman–Crippen MR) is 88.2 cm³/mol. The van der Waals surface area contributed by atoms with Gasteiger partial charge < -0.3 is 9.88 Å². The summed E-state index contributed by atoms with van der Waals surface area (Å²) in [5.41, 5.74) is 0.293. The molecule has 0 unspecified atom stereocenters. The summed E-state index contributed by atoms with van der Waals surface area (Å²) in [4.78, 5) is 24.0. The van der Waals surface area contributed by atoms with Crippen molar-refractivity contribution in [3.05, 3.63) is 75.8 Å². The Morgan fingerprint density at radius 3 is 2.70 bits per heavy atom. The van der Waals surface area contributed by atoms with Gasteiger partial charge in [0.25, 0.3) is 0 Å². The van der Waals surface area contributed by atoms with Crippen LogP contribution in [-0.4, -0.2) is 10.5 Å². The van der Waals surface area contributed by atoms with E-state index in [1.807, 2.05) is 0 Å². The average Bonchev–Trinajstić information content (AvgIpc) is 2.53. The van der Waals surface area contributed by atoms with Gasteiger partial charge in [-0.1, -0.05) is 29.8 Å². The Kier molecular flexibility index (Phi) is 4.12. The molecule has 0 aliphatic rings. The number of nitrogens with one attached hydrogen (secondary N) is 1. The summed E-state index contributed by atoms with van der Waals surface area (Å²) < 4.78 is 15.5. The molecule has 0 spiro atoms. The number of anilines is 1. The molecular formula is C17H12ClFN2O2. The van der Waals surface area contributed by atoms with Crippen LogP contribution in [0.1, 0.15) is 0 Å². The molecule has 1 amide bonds. The Morgan fingerprint density at radius 2 is 1.91 bits per heavy atom. The molecule has 1 N–H and O–H groups in total. The summed E-state index contributed by atoms with van der Waals surface area (Å²) in [6.45, 7) is -0.136. The van der Waals surface area contributed by atoms with Crippen molar-refractivity contribution in [2.45, 2.75) is 6.54 Å². The highest BCUT2D eigenvalue weighted by molar-refractivity contribution is 6.33. The van der Waals surface area contributed by atoms with E-state index in [-0.39, 0.29) is 28.8 Å². The number of halogens is 2. The maximum absolute atomic E-state index is 14.1. The van der Waals surface area contributed by atoms with Crippen molar-refractivity contribution in [2.75, 3.05) is 5.32 Å². The van der Waals surface area contributed by atoms with E-state index in [9.17, 15) is 14.0 Å². The Balaban J connectivity index is 1.93. The molecule has 0 saturated carbocycles. The van der Waals surface area contributed by atoms with Gasteiger partial charge in [0, 0.05) is 17.6 Å². The number of fused-ring (bicyclic) bond motifs is 1. The normalized spacial score (nSPS) is 10.7. The van der Waals surface area contributed by atoms with E-state index in [0.29, 0.717) is 10.7 Å². The number of rotatable bonds is 3. The number of nitrogens with zero attached hydrogens (tertiary/aromatic N) is 1. The van der Waals surface area contributed by atoms with Gasteiger partial charge in [-0.25, -0.2) is 4.39 Å². The molecule has 0 bridgehead atoms. The summed E-state index contributed by atoms with van der Waals surface area (Å²) in [6, 6.07) is 12.4. The standard InChI is InChI=1S/C17H12ClFN2O2/c18-12-5-1-2-7-14(12)20-16(23)10-21-9-8-15(22)11-4-3-6-13(19)17(11)21/h1-9H,10H2,(H,20,23). The van der Waals surface area contributed by atoms with Crippen molar-refractivity contribution in [2.24, 2.45) is 0 Å². The predicted octanol–water partition coefficient (Wildman–Crippen LogP) is 3.43. The summed E-state index contributed by atoms with van der Waals surface area (Å²) in [5.74, 6) is -0.919. The van der Waals surface area contributed by atoms with Crippen LogP contribution < -0.4 is 10.7 Å². The summed E-state index contributed by atoms with van der Waals surface area (Å²) in [7, 11) is 0. The first-order valence-corrected chi connectivity index (χ1v) is 7.26. The van der Waals surface area contributed by atoms with Gasteiger partial charge in [-0.2, -0.15) is 0 Å². The number of hydrogen-bond acceptors (Lipinski definition) is 2. The summed E-state index contributed by atoms with van der Waals surface area (Å²) >= 11 is 5.99. The Bertz CT molecular complexity index is 953. The topological polar surface area (TPSA) is 51.1 Å². The smallest absolute Gasteiger partial charge is 0.244 e. The van der Waals surface area contributed by atoms with Crippen LogP contribution >= 0.6 is 11.6 Å². The second kappa shape index (κ2) is 6.22. The van der Waals surface area contributed by atoms with Gasteiger partial charge in [0.1, 0.15) is 12.4 Å². The minimum Gasteiger partial charge on any atom is -0.335 e. The van der Waals surface area contributed by atoms with Crippen LogP contribution in [0.3, 0.4) is 0 Å². The zero-order valence-electron chi connectivity index (χ0n) is 11.9. The van der Waals surface area contributed by atoms with E-state index in [0.717, 1.165) is 0 Å². The van der Waals surface area contributed by atoms with Crippen molar-refractivity contribution >= 4 is 34.1 Å². The molecule has 1 heterocycles. The lowest BCUT2D eigenvalue weighted by atomic mass is 10.2.